The third-order valence-corrected chi connectivity index (χ3v) is 13.7. The maximum atomic E-state index is 12.9. The minimum atomic E-state index is -0.807. The number of unbranched alkanes of at least 4 members (excludes halogenated alkanes) is 27. The molecular formula is C72H120O6. The lowest BCUT2D eigenvalue weighted by Gasteiger charge is -2.18. The molecule has 444 valence electrons. The fourth-order valence-electron chi connectivity index (χ4n) is 8.85. The number of rotatable bonds is 58. The van der Waals surface area contributed by atoms with Crippen molar-refractivity contribution in [1.82, 2.24) is 0 Å². The summed E-state index contributed by atoms with van der Waals surface area (Å²) in [4.78, 5) is 38.3. The molecule has 6 heteroatoms. The molecule has 0 fully saturated rings. The molecule has 0 amide bonds. The molecule has 0 aromatic heterocycles. The van der Waals surface area contributed by atoms with E-state index in [0.717, 1.165) is 116 Å². The number of esters is 3. The molecule has 0 aliphatic heterocycles. The first kappa shape index (κ1) is 73.8. The molecule has 0 N–H and O–H groups in total. The highest BCUT2D eigenvalue weighted by molar-refractivity contribution is 5.71. The van der Waals surface area contributed by atoms with Crippen molar-refractivity contribution in [3.63, 3.8) is 0 Å². The third kappa shape index (κ3) is 62.7. The minimum Gasteiger partial charge on any atom is -0.462 e. The van der Waals surface area contributed by atoms with Gasteiger partial charge in [-0.1, -0.05) is 290 Å². The van der Waals surface area contributed by atoms with Crippen molar-refractivity contribution in [2.24, 2.45) is 0 Å². The number of carbonyl (C=O) groups excluding carboxylic acids is 3. The van der Waals surface area contributed by atoms with Crippen molar-refractivity contribution < 1.29 is 28.6 Å². The van der Waals surface area contributed by atoms with Gasteiger partial charge in [0, 0.05) is 19.3 Å². The Labute approximate surface area is 482 Å². The van der Waals surface area contributed by atoms with Crippen LogP contribution in [0.2, 0.25) is 0 Å². The van der Waals surface area contributed by atoms with Gasteiger partial charge in [-0.25, -0.2) is 0 Å². The van der Waals surface area contributed by atoms with Crippen LogP contribution in [0.1, 0.15) is 297 Å². The molecule has 0 aromatic rings. The first-order chi connectivity index (χ1) is 38.5. The van der Waals surface area contributed by atoms with E-state index >= 15 is 0 Å². The summed E-state index contributed by atoms with van der Waals surface area (Å²) < 4.78 is 16.9. The van der Waals surface area contributed by atoms with Crippen LogP contribution in [0.4, 0.5) is 0 Å². The molecule has 0 bridgehead atoms. The van der Waals surface area contributed by atoms with Gasteiger partial charge in [-0.05, 0) is 109 Å². The van der Waals surface area contributed by atoms with E-state index in [0.29, 0.717) is 19.3 Å². The lowest BCUT2D eigenvalue weighted by molar-refractivity contribution is -0.167. The Kier molecular flexibility index (Phi) is 61.8. The topological polar surface area (TPSA) is 78.9 Å². The molecule has 0 saturated carbocycles. The van der Waals surface area contributed by atoms with Gasteiger partial charge in [0.2, 0.25) is 0 Å². The molecule has 0 aromatic carbocycles. The van der Waals surface area contributed by atoms with Gasteiger partial charge >= 0.3 is 17.9 Å². The molecule has 1 atom stereocenters. The summed E-state index contributed by atoms with van der Waals surface area (Å²) in [5, 5.41) is 0. The zero-order chi connectivity index (χ0) is 56.4. The molecule has 78 heavy (non-hydrogen) atoms. The van der Waals surface area contributed by atoms with Crippen LogP contribution in [0, 0.1) is 0 Å². The van der Waals surface area contributed by atoms with Crippen molar-refractivity contribution in [1.29, 1.82) is 0 Å². The molecule has 0 aliphatic carbocycles. The maximum Gasteiger partial charge on any atom is 0.306 e. The molecule has 0 spiro atoms. The van der Waals surface area contributed by atoms with E-state index in [1.54, 1.807) is 0 Å². The van der Waals surface area contributed by atoms with Crippen LogP contribution in [0.15, 0.2) is 122 Å². The summed E-state index contributed by atoms with van der Waals surface area (Å²) in [7, 11) is 0. The van der Waals surface area contributed by atoms with Crippen molar-refractivity contribution in [3.8, 4) is 0 Å². The Morgan fingerprint density at radius 3 is 0.872 bits per heavy atom. The SMILES string of the molecule is CC/C=C\C/C=C\C/C=C\C/C=C\C/C=C\C/C=C\C/C=C\C/C=C\C/C=C\CCCC(=O)OCC(COC(=O)CCCCCCC/C=C\CCCCC)OC(=O)CCCCCCCCCCCCCCCCCCCCC. The molecule has 0 radical (unpaired) electrons. The predicted molar refractivity (Wildman–Crippen MR) is 339 cm³/mol. The second-order valence-corrected chi connectivity index (χ2v) is 21.3. The van der Waals surface area contributed by atoms with Gasteiger partial charge in [0.15, 0.2) is 6.10 Å². The molecule has 0 saturated heterocycles. The smallest absolute Gasteiger partial charge is 0.306 e. The summed E-state index contributed by atoms with van der Waals surface area (Å²) >= 11 is 0. The molecule has 1 unspecified atom stereocenters. The zero-order valence-electron chi connectivity index (χ0n) is 50.9. The number of allylic oxidation sites excluding steroid dienone is 20. The van der Waals surface area contributed by atoms with Crippen molar-refractivity contribution in [3.05, 3.63) is 122 Å². The second kappa shape index (κ2) is 65.3. The van der Waals surface area contributed by atoms with Gasteiger partial charge in [0.05, 0.1) is 0 Å². The fraction of sp³-hybridized carbons (Fsp3) is 0.681. The van der Waals surface area contributed by atoms with E-state index in [1.807, 2.05) is 0 Å². The Morgan fingerprint density at radius 2 is 0.513 bits per heavy atom. The van der Waals surface area contributed by atoms with E-state index in [1.165, 1.54) is 135 Å². The van der Waals surface area contributed by atoms with Gasteiger partial charge in [-0.2, -0.15) is 0 Å². The highest BCUT2D eigenvalue weighted by atomic mass is 16.6. The van der Waals surface area contributed by atoms with E-state index in [4.69, 9.17) is 14.2 Å². The molecule has 6 nitrogen and oxygen atoms in total. The van der Waals surface area contributed by atoms with Crippen LogP contribution in [-0.2, 0) is 28.6 Å². The van der Waals surface area contributed by atoms with Crippen LogP contribution in [0.25, 0.3) is 0 Å². The first-order valence-corrected chi connectivity index (χ1v) is 32.5. The van der Waals surface area contributed by atoms with Crippen LogP contribution in [0.5, 0.6) is 0 Å². The summed E-state index contributed by atoms with van der Waals surface area (Å²) in [6, 6.07) is 0. The van der Waals surface area contributed by atoms with E-state index in [-0.39, 0.29) is 37.5 Å². The van der Waals surface area contributed by atoms with Gasteiger partial charge in [0.1, 0.15) is 13.2 Å². The predicted octanol–water partition coefficient (Wildman–Crippen LogP) is 22.4. The summed E-state index contributed by atoms with van der Waals surface area (Å²) in [6.07, 6.45) is 90.7. The average Bonchev–Trinajstić information content (AvgIpc) is 3.44. The molecular weight excluding hydrogens is 961 g/mol. The van der Waals surface area contributed by atoms with Gasteiger partial charge in [-0.3, -0.25) is 14.4 Å². The minimum absolute atomic E-state index is 0.100. The largest absolute Gasteiger partial charge is 0.462 e. The monoisotopic (exact) mass is 1080 g/mol. The third-order valence-electron chi connectivity index (χ3n) is 13.7. The quantitative estimate of drug-likeness (QED) is 0.0261. The molecule has 0 rings (SSSR count). The summed E-state index contributed by atoms with van der Waals surface area (Å²) in [5.41, 5.74) is 0. The van der Waals surface area contributed by atoms with Gasteiger partial charge in [0.25, 0.3) is 0 Å². The lowest BCUT2D eigenvalue weighted by Crippen LogP contribution is -2.30. The van der Waals surface area contributed by atoms with Crippen molar-refractivity contribution >= 4 is 17.9 Å². The highest BCUT2D eigenvalue weighted by Crippen LogP contribution is 2.16. The number of hydrogen-bond acceptors (Lipinski definition) is 6. The Bertz CT molecular complexity index is 1620. The summed E-state index contributed by atoms with van der Waals surface area (Å²) in [5.74, 6) is -0.964. The lowest BCUT2D eigenvalue weighted by atomic mass is 10.0. The average molecular weight is 1080 g/mol. The Morgan fingerprint density at radius 1 is 0.269 bits per heavy atom. The second-order valence-electron chi connectivity index (χ2n) is 21.3. The zero-order valence-corrected chi connectivity index (χ0v) is 50.9. The van der Waals surface area contributed by atoms with Gasteiger partial charge in [-0.15, -0.1) is 0 Å². The Hall–Kier alpha value is -4.19. The maximum absolute atomic E-state index is 12.9. The number of hydrogen-bond donors (Lipinski definition) is 0. The van der Waals surface area contributed by atoms with E-state index < -0.39 is 6.10 Å². The number of carbonyl (C=O) groups is 3. The number of ether oxygens (including phenoxy) is 3. The van der Waals surface area contributed by atoms with Crippen LogP contribution in [0.3, 0.4) is 0 Å². The van der Waals surface area contributed by atoms with E-state index in [2.05, 4.69) is 142 Å². The van der Waals surface area contributed by atoms with Crippen LogP contribution < -0.4 is 0 Å². The molecule has 0 heterocycles. The van der Waals surface area contributed by atoms with Crippen molar-refractivity contribution in [2.45, 2.75) is 303 Å². The molecule has 0 aliphatic rings. The first-order valence-electron chi connectivity index (χ1n) is 32.5. The van der Waals surface area contributed by atoms with Gasteiger partial charge < -0.3 is 14.2 Å². The standard InChI is InChI=1S/C72H120O6/c1-4-7-10-13-16-19-22-25-27-29-31-32-33-34-35-36-37-38-39-40-42-43-45-47-50-53-56-59-62-65-71(74)77-68-69(67-76-70(73)64-61-58-55-52-49-24-21-18-15-12-9-6-3)78-72(75)66-63-60-57-54-51-48-46-44-41-30-28-26-23-20-17-14-11-8-5-2/h7,10,16,18-19,21,25,27,31-32,34-35,37-38,40,42,45,47,53,56,69H,4-6,8-9,11-15,17,20,22-24,26,28-30,33,36,39,41,43-44,46,48-52,54-55,57-68H2,1-3H3/b10-7-,19-16-,21-18-,27-25-,32-31-,35-34-,38-37-,42-40-,47-45-,56-53-. The highest BCUT2D eigenvalue weighted by Gasteiger charge is 2.19. The van der Waals surface area contributed by atoms with Crippen LogP contribution in [-0.4, -0.2) is 37.2 Å². The normalized spacial score (nSPS) is 12.9. The Balaban J connectivity index is 4.41. The van der Waals surface area contributed by atoms with Crippen molar-refractivity contribution in [2.75, 3.05) is 13.2 Å². The fourth-order valence-corrected chi connectivity index (χ4v) is 8.85. The van der Waals surface area contributed by atoms with E-state index in [9.17, 15) is 14.4 Å². The summed E-state index contributed by atoms with van der Waals surface area (Å²) in [6.45, 7) is 6.47. The van der Waals surface area contributed by atoms with Crippen LogP contribution >= 0.6 is 0 Å².